The van der Waals surface area contributed by atoms with Crippen LogP contribution in [0, 0.1) is 0 Å². The second-order valence-electron chi connectivity index (χ2n) is 4.16. The smallest absolute Gasteiger partial charge is 0.252 e. The average molecular weight is 272 g/mol. The van der Waals surface area contributed by atoms with Crippen molar-refractivity contribution >= 4 is 35.1 Å². The second-order valence-corrected chi connectivity index (χ2v) is 5.84. The minimum atomic E-state index is -0.153. The van der Waals surface area contributed by atoms with Gasteiger partial charge in [-0.3, -0.25) is 4.79 Å². The molecule has 0 atom stereocenters. The third-order valence-electron chi connectivity index (χ3n) is 2.94. The lowest BCUT2D eigenvalue weighted by molar-refractivity contribution is 0.0952. The van der Waals surface area contributed by atoms with Gasteiger partial charge in [-0.05, 0) is 25.2 Å². The lowest BCUT2D eigenvalue weighted by Crippen LogP contribution is -2.31. The number of thioether (sulfide) groups is 1. The minimum absolute atomic E-state index is 0.153. The Kier molecular flexibility index (Phi) is 3.49. The fraction of sp³-hybridized carbons (Fsp3) is 0.455. The number of nitrogens with zero attached hydrogens (tertiary/aromatic N) is 1. The Labute approximate surface area is 109 Å². The molecule has 1 aromatic heterocycles. The highest BCUT2D eigenvalue weighted by molar-refractivity contribution is 8.00. The van der Waals surface area contributed by atoms with Crippen molar-refractivity contribution in [2.24, 2.45) is 0 Å². The summed E-state index contributed by atoms with van der Waals surface area (Å²) in [5.41, 5.74) is 5.93. The summed E-state index contributed by atoms with van der Waals surface area (Å²) in [7, 11) is 0. The second kappa shape index (κ2) is 4.74. The van der Waals surface area contributed by atoms with Gasteiger partial charge < -0.3 is 11.1 Å². The molecule has 0 unspecified atom stereocenters. The Morgan fingerprint density at radius 3 is 2.94 bits per heavy atom. The molecule has 6 heteroatoms. The fourth-order valence-corrected chi connectivity index (χ4v) is 2.40. The van der Waals surface area contributed by atoms with E-state index in [1.807, 2.05) is 0 Å². The van der Waals surface area contributed by atoms with E-state index < -0.39 is 0 Å². The van der Waals surface area contributed by atoms with E-state index in [9.17, 15) is 4.79 Å². The van der Waals surface area contributed by atoms with Crippen LogP contribution < -0.4 is 11.1 Å². The van der Waals surface area contributed by atoms with Crippen molar-refractivity contribution < 1.29 is 4.79 Å². The number of anilines is 1. The van der Waals surface area contributed by atoms with Crippen molar-refractivity contribution in [3.05, 3.63) is 22.8 Å². The van der Waals surface area contributed by atoms with E-state index in [0.717, 1.165) is 12.8 Å². The predicted molar refractivity (Wildman–Crippen MR) is 71.5 cm³/mol. The van der Waals surface area contributed by atoms with Gasteiger partial charge in [0, 0.05) is 17.5 Å². The number of amides is 1. The molecule has 0 spiro atoms. The Hall–Kier alpha value is -0.940. The van der Waals surface area contributed by atoms with Crippen LogP contribution in [0.15, 0.2) is 12.3 Å². The Balaban J connectivity index is 1.97. The van der Waals surface area contributed by atoms with Gasteiger partial charge in [-0.2, -0.15) is 11.8 Å². The summed E-state index contributed by atoms with van der Waals surface area (Å²) in [4.78, 5) is 15.7. The number of hydrogen-bond donors (Lipinski definition) is 2. The molecule has 1 aromatic rings. The van der Waals surface area contributed by atoms with E-state index in [-0.39, 0.29) is 16.5 Å². The molecule has 1 aliphatic carbocycles. The van der Waals surface area contributed by atoms with Crippen molar-refractivity contribution in [3.8, 4) is 0 Å². The summed E-state index contributed by atoms with van der Waals surface area (Å²) in [6.45, 7) is 0.689. The van der Waals surface area contributed by atoms with Gasteiger partial charge in [0.05, 0.1) is 10.6 Å². The summed E-state index contributed by atoms with van der Waals surface area (Å²) in [6.07, 6.45) is 5.83. The van der Waals surface area contributed by atoms with Crippen LogP contribution >= 0.6 is 23.4 Å². The summed E-state index contributed by atoms with van der Waals surface area (Å²) in [5, 5.41) is 3.21. The van der Waals surface area contributed by atoms with Gasteiger partial charge in [0.15, 0.2) is 0 Å². The van der Waals surface area contributed by atoms with Crippen LogP contribution in [-0.4, -0.2) is 28.4 Å². The van der Waals surface area contributed by atoms with E-state index in [1.165, 1.54) is 12.3 Å². The molecule has 1 heterocycles. The number of halogens is 1. The number of aromatic nitrogens is 1. The molecule has 1 fully saturated rings. The molecule has 1 saturated carbocycles. The van der Waals surface area contributed by atoms with E-state index in [0.29, 0.717) is 17.1 Å². The van der Waals surface area contributed by atoms with Gasteiger partial charge in [-0.25, -0.2) is 4.98 Å². The van der Waals surface area contributed by atoms with Gasteiger partial charge in [-0.1, -0.05) is 11.6 Å². The van der Waals surface area contributed by atoms with Crippen LogP contribution in [0.2, 0.25) is 5.02 Å². The van der Waals surface area contributed by atoms with Crippen molar-refractivity contribution in [2.45, 2.75) is 17.6 Å². The molecule has 0 aliphatic heterocycles. The van der Waals surface area contributed by atoms with Crippen LogP contribution in [0.5, 0.6) is 0 Å². The fourth-order valence-electron chi connectivity index (χ4n) is 1.51. The molecule has 0 aromatic carbocycles. The quantitative estimate of drug-likeness (QED) is 0.878. The van der Waals surface area contributed by atoms with Crippen molar-refractivity contribution in [1.82, 2.24) is 10.3 Å². The van der Waals surface area contributed by atoms with Crippen LogP contribution in [-0.2, 0) is 0 Å². The standard InChI is InChI=1S/C11H14ClN3OS/c1-17-11(2-3-11)6-15-10(16)7-4-8(12)9(13)14-5-7/h4-5H,2-3,6H2,1H3,(H2,13,14)(H,15,16). The number of pyridine rings is 1. The molecule has 92 valence electrons. The van der Waals surface area contributed by atoms with Gasteiger partial charge >= 0.3 is 0 Å². The summed E-state index contributed by atoms with van der Waals surface area (Å²) >= 11 is 7.62. The van der Waals surface area contributed by atoms with Crippen molar-refractivity contribution in [3.63, 3.8) is 0 Å². The lowest BCUT2D eigenvalue weighted by atomic mass is 10.2. The van der Waals surface area contributed by atoms with E-state index in [1.54, 1.807) is 11.8 Å². The molecular formula is C11H14ClN3OS. The molecule has 1 aliphatic rings. The minimum Gasteiger partial charge on any atom is -0.382 e. The highest BCUT2D eigenvalue weighted by Crippen LogP contribution is 2.46. The number of rotatable bonds is 4. The number of hydrogen-bond acceptors (Lipinski definition) is 4. The lowest BCUT2D eigenvalue weighted by Gasteiger charge is -2.13. The van der Waals surface area contributed by atoms with Gasteiger partial charge in [0.25, 0.3) is 5.91 Å². The number of nitrogens with one attached hydrogen (secondary N) is 1. The average Bonchev–Trinajstić information content (AvgIpc) is 3.10. The first-order valence-electron chi connectivity index (χ1n) is 5.31. The first-order chi connectivity index (χ1) is 8.06. The normalized spacial score (nSPS) is 16.6. The van der Waals surface area contributed by atoms with Crippen LogP contribution in [0.1, 0.15) is 23.2 Å². The number of nitrogen functional groups attached to an aromatic ring is 1. The highest BCUT2D eigenvalue weighted by atomic mass is 35.5. The maximum atomic E-state index is 11.8. The zero-order valence-corrected chi connectivity index (χ0v) is 11.1. The van der Waals surface area contributed by atoms with Crippen molar-refractivity contribution in [2.75, 3.05) is 18.5 Å². The Morgan fingerprint density at radius 1 is 1.71 bits per heavy atom. The maximum Gasteiger partial charge on any atom is 0.252 e. The monoisotopic (exact) mass is 271 g/mol. The summed E-state index contributed by atoms with van der Waals surface area (Å²) < 4.78 is 0.251. The topological polar surface area (TPSA) is 68.0 Å². The zero-order chi connectivity index (χ0) is 12.5. The van der Waals surface area contributed by atoms with Gasteiger partial charge in [0.1, 0.15) is 5.82 Å². The Morgan fingerprint density at radius 2 is 2.41 bits per heavy atom. The third-order valence-corrected chi connectivity index (χ3v) is 4.66. The predicted octanol–water partition coefficient (Wildman–Crippen LogP) is 1.94. The van der Waals surface area contributed by atoms with E-state index >= 15 is 0 Å². The molecule has 3 N–H and O–H groups in total. The van der Waals surface area contributed by atoms with Crippen molar-refractivity contribution in [1.29, 1.82) is 0 Å². The van der Waals surface area contributed by atoms with Crippen LogP contribution in [0.25, 0.3) is 0 Å². The summed E-state index contributed by atoms with van der Waals surface area (Å²) in [6, 6.07) is 1.54. The SMILES string of the molecule is CSC1(CNC(=O)c2cnc(N)c(Cl)c2)CC1. The number of carbonyl (C=O) groups excluding carboxylic acids is 1. The molecule has 1 amide bonds. The third kappa shape index (κ3) is 2.84. The molecule has 0 bridgehead atoms. The maximum absolute atomic E-state index is 11.8. The van der Waals surface area contributed by atoms with Crippen LogP contribution in [0.3, 0.4) is 0 Å². The summed E-state index contributed by atoms with van der Waals surface area (Å²) in [5.74, 6) is 0.0886. The van der Waals surface area contributed by atoms with Gasteiger partial charge in [0.2, 0.25) is 0 Å². The molecule has 0 saturated heterocycles. The molecule has 4 nitrogen and oxygen atoms in total. The number of nitrogens with two attached hydrogens (primary N) is 1. The first kappa shape index (κ1) is 12.5. The molecule has 17 heavy (non-hydrogen) atoms. The highest BCUT2D eigenvalue weighted by Gasteiger charge is 2.41. The molecular weight excluding hydrogens is 258 g/mol. The number of carbonyl (C=O) groups is 1. The first-order valence-corrected chi connectivity index (χ1v) is 6.91. The Bertz CT molecular complexity index is 448. The van der Waals surface area contributed by atoms with Gasteiger partial charge in [-0.15, -0.1) is 0 Å². The molecule has 0 radical (unpaired) electrons. The van der Waals surface area contributed by atoms with Crippen LogP contribution in [0.4, 0.5) is 5.82 Å². The molecule has 2 rings (SSSR count). The van der Waals surface area contributed by atoms with E-state index in [4.69, 9.17) is 17.3 Å². The zero-order valence-electron chi connectivity index (χ0n) is 9.50. The van der Waals surface area contributed by atoms with E-state index in [2.05, 4.69) is 16.6 Å². The largest absolute Gasteiger partial charge is 0.382 e.